The Bertz CT molecular complexity index is 1590. The average molecular weight is 680 g/mol. The fourth-order valence-electron chi connectivity index (χ4n) is 5.70. The van der Waals surface area contributed by atoms with Crippen LogP contribution in [0.4, 0.5) is 4.79 Å². The summed E-state index contributed by atoms with van der Waals surface area (Å²) >= 11 is 0. The Morgan fingerprint density at radius 3 is 2.35 bits per heavy atom. The highest BCUT2D eigenvalue weighted by Gasteiger charge is 2.34. The van der Waals surface area contributed by atoms with Crippen molar-refractivity contribution in [1.29, 1.82) is 0 Å². The van der Waals surface area contributed by atoms with Crippen LogP contribution < -0.4 is 16.4 Å². The molecule has 1 aliphatic carbocycles. The number of nitrogens with two attached hydrogens (primary N) is 1. The lowest BCUT2D eigenvalue weighted by Crippen LogP contribution is -2.39. The maximum atomic E-state index is 13.8. The molecule has 1 heterocycles. The van der Waals surface area contributed by atoms with Crippen LogP contribution in [0.3, 0.4) is 0 Å². The van der Waals surface area contributed by atoms with Crippen molar-refractivity contribution in [2.45, 2.75) is 71.4 Å². The Balaban J connectivity index is 2.05. The Kier molecular flexibility index (Phi) is 13.8. The van der Waals surface area contributed by atoms with E-state index >= 15 is 0 Å². The van der Waals surface area contributed by atoms with E-state index < -0.39 is 59.8 Å². The average Bonchev–Trinajstić information content (AvgIpc) is 3.04. The SMILES string of the molecule is CO[C@@H]1/C=C\C=C(\C)C(=O)NC2=CC(=O)C(NC(=O)Cc3ccc(O)cc3)=C(C[C@@H](C)C[C@@H](OC)[C@@H](O)[C@@H](C)/C=C(/C)[C@H]1OC(N)=O)C2=O. The normalized spacial score (nSPS) is 28.7. The first-order valence-electron chi connectivity index (χ1n) is 15.8. The molecule has 0 saturated carbocycles. The molecule has 6 atom stereocenters. The number of aliphatic hydroxyl groups excluding tert-OH is 1. The van der Waals surface area contributed by atoms with E-state index in [1.54, 1.807) is 38.1 Å². The van der Waals surface area contributed by atoms with E-state index in [0.717, 1.165) is 6.08 Å². The first-order chi connectivity index (χ1) is 23.1. The van der Waals surface area contributed by atoms with Crippen LogP contribution in [0.1, 0.15) is 46.1 Å². The second kappa shape index (κ2) is 17.5. The Morgan fingerprint density at radius 1 is 1.06 bits per heavy atom. The molecule has 2 bridgehead atoms. The molecule has 1 aromatic carbocycles. The van der Waals surface area contributed by atoms with Gasteiger partial charge in [-0.2, -0.15) is 0 Å². The van der Waals surface area contributed by atoms with E-state index in [9.17, 15) is 34.2 Å². The third kappa shape index (κ3) is 10.6. The molecule has 13 heteroatoms. The molecule has 6 N–H and O–H groups in total. The number of carbonyl (C=O) groups excluding carboxylic acids is 5. The molecule has 0 spiro atoms. The summed E-state index contributed by atoms with van der Waals surface area (Å²) in [4.78, 5) is 65.2. The monoisotopic (exact) mass is 679 g/mol. The van der Waals surface area contributed by atoms with Crippen molar-refractivity contribution < 1.29 is 48.4 Å². The van der Waals surface area contributed by atoms with Crippen molar-refractivity contribution in [3.63, 3.8) is 0 Å². The van der Waals surface area contributed by atoms with Crippen molar-refractivity contribution >= 4 is 29.5 Å². The van der Waals surface area contributed by atoms with Crippen LogP contribution in [0, 0.1) is 11.8 Å². The van der Waals surface area contributed by atoms with Crippen molar-refractivity contribution in [2.24, 2.45) is 17.6 Å². The number of allylic oxidation sites excluding steroid dienone is 4. The van der Waals surface area contributed by atoms with Gasteiger partial charge < -0.3 is 40.8 Å². The summed E-state index contributed by atoms with van der Waals surface area (Å²) in [5.74, 6) is -3.38. The number of aliphatic hydroxyl groups is 1. The largest absolute Gasteiger partial charge is 0.508 e. The number of benzene rings is 1. The van der Waals surface area contributed by atoms with E-state index in [1.165, 1.54) is 45.4 Å². The van der Waals surface area contributed by atoms with E-state index in [4.69, 9.17) is 19.9 Å². The van der Waals surface area contributed by atoms with Crippen molar-refractivity contribution in [2.75, 3.05) is 14.2 Å². The lowest BCUT2D eigenvalue weighted by Gasteiger charge is -2.30. The number of Topliss-reactive ketones (excluding diaryl/α,β-unsaturated/α-hetero) is 1. The van der Waals surface area contributed by atoms with Gasteiger partial charge in [-0.3, -0.25) is 19.2 Å². The zero-order valence-electron chi connectivity index (χ0n) is 28.5. The van der Waals surface area contributed by atoms with Gasteiger partial charge in [0.15, 0.2) is 6.10 Å². The van der Waals surface area contributed by atoms with Gasteiger partial charge in [-0.1, -0.05) is 50.3 Å². The number of amides is 3. The van der Waals surface area contributed by atoms with Crippen molar-refractivity contribution in [3.05, 3.63) is 88.3 Å². The number of ether oxygens (including phenoxy) is 3. The van der Waals surface area contributed by atoms with E-state index in [2.05, 4.69) is 10.6 Å². The van der Waals surface area contributed by atoms with Gasteiger partial charge in [0.1, 0.15) is 11.9 Å². The molecule has 0 radical (unpaired) electrons. The second-order valence-electron chi connectivity index (χ2n) is 12.3. The van der Waals surface area contributed by atoms with Crippen LogP contribution in [0.15, 0.2) is 82.8 Å². The number of carbonyl (C=O) groups is 5. The highest BCUT2D eigenvalue weighted by molar-refractivity contribution is 6.24. The zero-order valence-corrected chi connectivity index (χ0v) is 28.5. The Hall–Kier alpha value is -4.85. The maximum Gasteiger partial charge on any atom is 0.405 e. The van der Waals surface area contributed by atoms with Gasteiger partial charge >= 0.3 is 6.09 Å². The molecule has 2 aliphatic rings. The van der Waals surface area contributed by atoms with Gasteiger partial charge in [0, 0.05) is 37.4 Å². The topological polar surface area (TPSA) is 204 Å². The Morgan fingerprint density at radius 2 is 1.73 bits per heavy atom. The highest BCUT2D eigenvalue weighted by atomic mass is 16.6. The number of hydrogen-bond donors (Lipinski definition) is 5. The summed E-state index contributed by atoms with van der Waals surface area (Å²) in [5, 5.41) is 26.0. The molecule has 3 rings (SSSR count). The fraction of sp³-hybridized carbons (Fsp3) is 0.417. The second-order valence-corrected chi connectivity index (χ2v) is 12.3. The molecular weight excluding hydrogens is 634 g/mol. The molecule has 0 fully saturated rings. The molecule has 13 nitrogen and oxygen atoms in total. The van der Waals surface area contributed by atoms with Crippen LogP contribution in [-0.2, 0) is 39.8 Å². The zero-order chi connectivity index (χ0) is 36.4. The van der Waals surface area contributed by atoms with E-state index in [-0.39, 0.29) is 53.5 Å². The molecular formula is C36H45N3O10. The van der Waals surface area contributed by atoms with E-state index in [1.807, 2.05) is 6.92 Å². The highest BCUT2D eigenvalue weighted by Crippen LogP contribution is 2.29. The van der Waals surface area contributed by atoms with Crippen LogP contribution in [-0.4, -0.2) is 78.3 Å². The van der Waals surface area contributed by atoms with Gasteiger partial charge in [-0.25, -0.2) is 4.79 Å². The van der Waals surface area contributed by atoms with Crippen LogP contribution in [0.2, 0.25) is 0 Å². The molecule has 3 amide bonds. The minimum atomic E-state index is -1.04. The molecule has 264 valence electrons. The fourth-order valence-corrected chi connectivity index (χ4v) is 5.70. The van der Waals surface area contributed by atoms with Gasteiger partial charge in [-0.15, -0.1) is 0 Å². The summed E-state index contributed by atoms with van der Waals surface area (Å²) in [7, 11) is 2.85. The third-order valence-electron chi connectivity index (χ3n) is 8.36. The number of fused-ring (bicyclic) bond motifs is 2. The first-order valence-corrected chi connectivity index (χ1v) is 15.8. The molecule has 49 heavy (non-hydrogen) atoms. The minimum Gasteiger partial charge on any atom is -0.508 e. The predicted octanol–water partition coefficient (Wildman–Crippen LogP) is 2.83. The Labute approximate surface area is 285 Å². The summed E-state index contributed by atoms with van der Waals surface area (Å²) in [6.07, 6.45) is 2.75. The number of aromatic hydroxyl groups is 1. The van der Waals surface area contributed by atoms with E-state index in [0.29, 0.717) is 11.1 Å². The summed E-state index contributed by atoms with van der Waals surface area (Å²) < 4.78 is 16.6. The van der Waals surface area contributed by atoms with Gasteiger partial charge in [0.05, 0.1) is 30.0 Å². The third-order valence-corrected chi connectivity index (χ3v) is 8.36. The number of methoxy groups -OCH3 is 2. The molecule has 0 saturated heterocycles. The minimum absolute atomic E-state index is 0.00342. The number of phenols is 1. The number of nitrogens with one attached hydrogen (secondary N) is 2. The summed E-state index contributed by atoms with van der Waals surface area (Å²) in [6.45, 7) is 6.78. The number of primary amides is 1. The first kappa shape index (κ1) is 38.6. The predicted molar refractivity (Wildman–Crippen MR) is 179 cm³/mol. The van der Waals surface area contributed by atoms with Crippen molar-refractivity contribution in [1.82, 2.24) is 10.6 Å². The van der Waals surface area contributed by atoms with Gasteiger partial charge in [0.25, 0.3) is 5.91 Å². The van der Waals surface area contributed by atoms with Crippen molar-refractivity contribution in [3.8, 4) is 5.75 Å². The lowest BCUT2D eigenvalue weighted by atomic mass is 9.85. The van der Waals surface area contributed by atoms with Crippen LogP contribution in [0.25, 0.3) is 0 Å². The lowest BCUT2D eigenvalue weighted by molar-refractivity contribution is -0.122. The number of hydrogen-bond acceptors (Lipinski definition) is 10. The van der Waals surface area contributed by atoms with Gasteiger partial charge in [0.2, 0.25) is 17.5 Å². The number of ketones is 2. The van der Waals surface area contributed by atoms with Crippen LogP contribution in [0.5, 0.6) is 5.75 Å². The molecule has 0 aromatic heterocycles. The molecule has 1 aromatic rings. The summed E-state index contributed by atoms with van der Waals surface area (Å²) in [5.41, 5.74) is 6.19. The smallest absolute Gasteiger partial charge is 0.405 e. The number of phenolic OH excluding ortho intramolecular Hbond substituents is 1. The molecule has 0 unspecified atom stereocenters. The van der Waals surface area contributed by atoms with Gasteiger partial charge in [-0.05, 0) is 55.9 Å². The van der Waals surface area contributed by atoms with Crippen LogP contribution >= 0.6 is 0 Å². The number of rotatable bonds is 6. The molecule has 1 aliphatic heterocycles. The maximum absolute atomic E-state index is 13.8. The standard InChI is InChI=1S/C36H45N3O10/c1-19-14-25-31(39-30(42)17-23-10-12-24(40)13-11-23)27(41)18-26(33(25)44)38-35(45)20(2)8-7-9-28(47-5)34(49-36(37)46)22(4)16-21(3)32(43)29(15-19)48-6/h7-13,16,18-19,21,28-29,32,34,40,43H,14-15,17H2,1-6H3,(H2,37,46)(H,38,45)(H,39,42)/b9-7-,20-8-,22-16-/t19-,21+,28-,29-,32+,34-/m1/s1. The quantitative estimate of drug-likeness (QED) is 0.220. The summed E-state index contributed by atoms with van der Waals surface area (Å²) in [6, 6.07) is 5.99.